The van der Waals surface area contributed by atoms with Crippen molar-refractivity contribution in [2.24, 2.45) is 5.92 Å². The Balaban J connectivity index is 1.17. The molecule has 1 aliphatic heterocycles. The first-order valence-corrected chi connectivity index (χ1v) is 12.0. The van der Waals surface area contributed by atoms with Gasteiger partial charge in [0.25, 0.3) is 0 Å². The first kappa shape index (κ1) is 21.3. The number of amides is 2. The van der Waals surface area contributed by atoms with Gasteiger partial charge in [-0.25, -0.2) is 9.67 Å². The standard InChI is InChI=1S/C25H24ClN5O3/c1-13(32)23-16-6-4-8-27-24(16)30(29-23)12-22(33)31-20-9-14(20)10-21(31)25(34)28-19-11-17(19)15-5-2-3-7-18(15)26/h2-8,14,17,19-21H,9-12H2,1H3,(H,28,34)/t14-,17+,19-,20?,21+/m1/s1. The molecular weight excluding hydrogens is 454 g/mol. The highest BCUT2D eigenvalue weighted by Gasteiger charge is 2.56. The number of nitrogens with one attached hydrogen (secondary N) is 1. The average molecular weight is 478 g/mol. The maximum Gasteiger partial charge on any atom is 0.245 e. The molecule has 0 spiro atoms. The second-order valence-corrected chi connectivity index (χ2v) is 9.94. The van der Waals surface area contributed by atoms with Crippen molar-refractivity contribution in [2.45, 2.75) is 56.8 Å². The number of ketones is 1. The maximum atomic E-state index is 13.4. The zero-order chi connectivity index (χ0) is 23.6. The lowest BCUT2D eigenvalue weighted by Crippen LogP contribution is -2.49. The number of fused-ring (bicyclic) bond motifs is 2. The maximum absolute atomic E-state index is 13.4. The molecule has 174 valence electrons. The Bertz CT molecular complexity index is 1340. The molecule has 2 aromatic heterocycles. The van der Waals surface area contributed by atoms with E-state index in [2.05, 4.69) is 15.4 Å². The van der Waals surface area contributed by atoms with Gasteiger partial charge in [-0.1, -0.05) is 29.8 Å². The summed E-state index contributed by atoms with van der Waals surface area (Å²) in [5.41, 5.74) is 1.85. The van der Waals surface area contributed by atoms with Crippen LogP contribution in [0.5, 0.6) is 0 Å². The van der Waals surface area contributed by atoms with Gasteiger partial charge in [-0.3, -0.25) is 14.4 Å². The van der Waals surface area contributed by atoms with Gasteiger partial charge in [0.1, 0.15) is 18.3 Å². The van der Waals surface area contributed by atoms with Crippen molar-refractivity contribution in [3.05, 3.63) is 58.9 Å². The van der Waals surface area contributed by atoms with Gasteiger partial charge in [-0.15, -0.1) is 0 Å². The summed E-state index contributed by atoms with van der Waals surface area (Å²) in [5.74, 6) is 0.131. The van der Waals surface area contributed by atoms with Crippen LogP contribution in [0.4, 0.5) is 0 Å². The highest BCUT2D eigenvalue weighted by Crippen LogP contribution is 2.49. The van der Waals surface area contributed by atoms with Gasteiger partial charge in [-0.2, -0.15) is 5.10 Å². The molecule has 34 heavy (non-hydrogen) atoms. The van der Waals surface area contributed by atoms with E-state index in [1.54, 1.807) is 23.2 Å². The molecule has 1 N–H and O–H groups in total. The van der Waals surface area contributed by atoms with Crippen molar-refractivity contribution in [2.75, 3.05) is 0 Å². The molecule has 2 aliphatic carbocycles. The summed E-state index contributed by atoms with van der Waals surface area (Å²) in [5, 5.41) is 8.85. The van der Waals surface area contributed by atoms with E-state index < -0.39 is 6.04 Å². The number of likely N-dealkylation sites (tertiary alicyclic amines) is 1. The van der Waals surface area contributed by atoms with E-state index in [4.69, 9.17) is 11.6 Å². The molecule has 2 amide bonds. The van der Waals surface area contributed by atoms with Crippen molar-refractivity contribution < 1.29 is 14.4 Å². The lowest BCUT2D eigenvalue weighted by atomic mass is 10.1. The number of hydrogen-bond donors (Lipinski definition) is 1. The average Bonchev–Trinajstić information content (AvgIpc) is 3.69. The molecule has 9 heteroatoms. The Morgan fingerprint density at radius 1 is 1.12 bits per heavy atom. The molecule has 3 aromatic rings. The summed E-state index contributed by atoms with van der Waals surface area (Å²) < 4.78 is 1.48. The van der Waals surface area contributed by atoms with E-state index in [9.17, 15) is 14.4 Å². The molecule has 0 bridgehead atoms. The Hall–Kier alpha value is -3.26. The van der Waals surface area contributed by atoms with Gasteiger partial charge in [0, 0.05) is 36.1 Å². The van der Waals surface area contributed by atoms with Crippen LogP contribution < -0.4 is 5.32 Å². The predicted molar refractivity (Wildman–Crippen MR) is 125 cm³/mol. The fourth-order valence-electron chi connectivity index (χ4n) is 5.39. The SMILES string of the molecule is CC(=O)c1nn(CC(=O)N2C3C[C@@H]3C[C@H]2C(=O)N[C@@H]2C[C@H]2c2ccccc2Cl)c2ncccc12. The first-order chi connectivity index (χ1) is 16.4. The Kier molecular flexibility index (Phi) is 4.95. The van der Waals surface area contributed by atoms with E-state index in [-0.39, 0.29) is 42.1 Å². The van der Waals surface area contributed by atoms with Crippen molar-refractivity contribution in [3.8, 4) is 0 Å². The number of Topliss-reactive ketones (excluding diaryl/α,β-unsaturated/α-hetero) is 1. The van der Waals surface area contributed by atoms with Crippen LogP contribution in [-0.2, 0) is 16.1 Å². The normalized spacial score (nSPS) is 26.9. The molecule has 3 fully saturated rings. The topological polar surface area (TPSA) is 97.2 Å². The number of nitrogens with zero attached hydrogens (tertiary/aromatic N) is 4. The fraction of sp³-hybridized carbons (Fsp3) is 0.400. The number of halogens is 1. The zero-order valence-corrected chi connectivity index (χ0v) is 19.4. The highest BCUT2D eigenvalue weighted by molar-refractivity contribution is 6.31. The van der Waals surface area contributed by atoms with Crippen LogP contribution in [0.1, 0.15) is 48.2 Å². The minimum Gasteiger partial charge on any atom is -0.351 e. The zero-order valence-electron chi connectivity index (χ0n) is 18.6. The molecular formula is C25H24ClN5O3. The largest absolute Gasteiger partial charge is 0.351 e. The molecule has 8 nitrogen and oxygen atoms in total. The van der Waals surface area contributed by atoms with Crippen molar-refractivity contribution >= 4 is 40.2 Å². The third-order valence-corrected chi connectivity index (χ3v) is 7.59. The Morgan fingerprint density at radius 3 is 2.74 bits per heavy atom. The molecule has 6 rings (SSSR count). The Morgan fingerprint density at radius 2 is 1.94 bits per heavy atom. The predicted octanol–water partition coefficient (Wildman–Crippen LogP) is 2.95. The molecule has 3 heterocycles. The molecule has 0 radical (unpaired) electrons. The fourth-order valence-corrected chi connectivity index (χ4v) is 5.67. The summed E-state index contributed by atoms with van der Waals surface area (Å²) in [6.07, 6.45) is 4.07. The molecule has 3 aliphatic rings. The van der Waals surface area contributed by atoms with Gasteiger partial charge in [0.15, 0.2) is 11.4 Å². The number of hydrogen-bond acceptors (Lipinski definition) is 5. The highest BCUT2D eigenvalue weighted by atomic mass is 35.5. The number of carbonyl (C=O) groups excluding carboxylic acids is 3. The summed E-state index contributed by atoms with van der Waals surface area (Å²) in [7, 11) is 0. The van der Waals surface area contributed by atoms with E-state index in [1.165, 1.54) is 11.6 Å². The van der Waals surface area contributed by atoms with E-state index >= 15 is 0 Å². The van der Waals surface area contributed by atoms with Crippen molar-refractivity contribution in [1.29, 1.82) is 0 Å². The quantitative estimate of drug-likeness (QED) is 0.550. The van der Waals surface area contributed by atoms with Crippen LogP contribution in [0.25, 0.3) is 11.0 Å². The molecule has 1 saturated heterocycles. The smallest absolute Gasteiger partial charge is 0.245 e. The number of benzene rings is 1. The van der Waals surface area contributed by atoms with Crippen LogP contribution in [0.15, 0.2) is 42.6 Å². The van der Waals surface area contributed by atoms with Gasteiger partial charge in [0.05, 0.1) is 5.39 Å². The third-order valence-electron chi connectivity index (χ3n) is 7.24. The number of carbonyl (C=O) groups is 3. The Labute approximate surface area is 201 Å². The first-order valence-electron chi connectivity index (χ1n) is 11.6. The number of rotatable bonds is 6. The lowest BCUT2D eigenvalue weighted by Gasteiger charge is -2.27. The minimum atomic E-state index is -0.481. The van der Waals surface area contributed by atoms with Gasteiger partial charge < -0.3 is 10.2 Å². The molecule has 5 atom stereocenters. The van der Waals surface area contributed by atoms with E-state index in [0.29, 0.717) is 34.1 Å². The molecule has 1 aromatic carbocycles. The summed E-state index contributed by atoms with van der Waals surface area (Å²) in [6, 6.07) is 10.9. The van der Waals surface area contributed by atoms with Crippen LogP contribution in [0.2, 0.25) is 5.02 Å². The van der Waals surface area contributed by atoms with E-state index in [0.717, 1.165) is 18.4 Å². The summed E-state index contributed by atoms with van der Waals surface area (Å²) in [6.45, 7) is 1.39. The minimum absolute atomic E-state index is 0.0404. The third kappa shape index (κ3) is 3.57. The molecule has 2 saturated carbocycles. The molecule has 1 unspecified atom stereocenters. The van der Waals surface area contributed by atoms with Crippen molar-refractivity contribution in [3.63, 3.8) is 0 Å². The number of pyridine rings is 1. The van der Waals surface area contributed by atoms with Gasteiger partial charge in [-0.05, 0) is 48.9 Å². The second-order valence-electron chi connectivity index (χ2n) is 9.53. The van der Waals surface area contributed by atoms with Crippen LogP contribution in [0, 0.1) is 5.92 Å². The lowest BCUT2D eigenvalue weighted by molar-refractivity contribution is -0.140. The summed E-state index contributed by atoms with van der Waals surface area (Å²) in [4.78, 5) is 44.6. The number of aromatic nitrogens is 3. The monoisotopic (exact) mass is 477 g/mol. The van der Waals surface area contributed by atoms with Crippen molar-refractivity contribution in [1.82, 2.24) is 25.0 Å². The van der Waals surface area contributed by atoms with Gasteiger partial charge >= 0.3 is 0 Å². The van der Waals surface area contributed by atoms with E-state index in [1.807, 2.05) is 24.3 Å². The van der Waals surface area contributed by atoms with Gasteiger partial charge in [0.2, 0.25) is 11.8 Å². The van der Waals surface area contributed by atoms with Crippen LogP contribution in [-0.4, -0.2) is 55.4 Å². The van der Waals surface area contributed by atoms with Crippen LogP contribution in [0.3, 0.4) is 0 Å². The van der Waals surface area contributed by atoms with Crippen LogP contribution >= 0.6 is 11.6 Å². The second kappa shape index (κ2) is 7.91. The summed E-state index contributed by atoms with van der Waals surface area (Å²) >= 11 is 6.32. The number of piperidine rings is 1.